The first kappa shape index (κ1) is 11.6. The van der Waals surface area contributed by atoms with Gasteiger partial charge in [0.1, 0.15) is 13.2 Å². The lowest BCUT2D eigenvalue weighted by Gasteiger charge is -2.21. The van der Waals surface area contributed by atoms with Gasteiger partial charge in [-0.1, -0.05) is 13.0 Å². The maximum Gasteiger partial charge on any atom is 0.161 e. The van der Waals surface area contributed by atoms with Crippen molar-refractivity contribution in [2.24, 2.45) is 5.92 Å². The molecule has 19 heavy (non-hydrogen) atoms. The lowest BCUT2D eigenvalue weighted by Crippen LogP contribution is -2.22. The van der Waals surface area contributed by atoms with Crippen molar-refractivity contribution in [3.8, 4) is 11.5 Å². The molecule has 2 unspecified atom stereocenters. The van der Waals surface area contributed by atoms with E-state index in [0.29, 0.717) is 18.6 Å². The number of hydrogen-bond donors (Lipinski definition) is 1. The summed E-state index contributed by atoms with van der Waals surface area (Å²) in [7, 11) is 0. The Bertz CT molecular complexity index is 498. The Balaban J connectivity index is 1.49. The Hall–Kier alpha value is -1.22. The summed E-state index contributed by atoms with van der Waals surface area (Å²) in [6.07, 6.45) is 4.02. The molecule has 1 heterocycles. The number of ether oxygens (including phenoxy) is 2. The molecular weight excluding hydrogens is 238 g/mol. The average Bonchev–Trinajstić information content (AvgIpc) is 3.33. The van der Waals surface area contributed by atoms with Crippen LogP contribution in [0.15, 0.2) is 18.2 Å². The van der Waals surface area contributed by atoms with Gasteiger partial charge in [0, 0.05) is 6.04 Å². The number of rotatable bonds is 4. The third kappa shape index (κ3) is 2.10. The normalized spacial score (nSPS) is 32.2. The van der Waals surface area contributed by atoms with Gasteiger partial charge in [-0.25, -0.2) is 0 Å². The van der Waals surface area contributed by atoms with E-state index in [1.54, 1.807) is 0 Å². The fourth-order valence-electron chi connectivity index (χ4n) is 3.10. The van der Waals surface area contributed by atoms with Crippen LogP contribution in [0, 0.1) is 5.92 Å². The van der Waals surface area contributed by atoms with E-state index in [9.17, 15) is 0 Å². The molecule has 0 radical (unpaired) electrons. The smallest absolute Gasteiger partial charge is 0.161 e. The fourth-order valence-corrected chi connectivity index (χ4v) is 3.10. The van der Waals surface area contributed by atoms with Crippen LogP contribution in [-0.4, -0.2) is 25.8 Å². The van der Waals surface area contributed by atoms with E-state index >= 15 is 0 Å². The molecule has 2 fully saturated rings. The highest BCUT2D eigenvalue weighted by Crippen LogP contribution is 2.55. The van der Waals surface area contributed by atoms with Gasteiger partial charge in [0.05, 0.1) is 0 Å². The van der Waals surface area contributed by atoms with E-state index in [4.69, 9.17) is 9.47 Å². The van der Waals surface area contributed by atoms with Crippen LogP contribution < -0.4 is 14.8 Å². The lowest BCUT2D eigenvalue weighted by atomic mass is 9.95. The molecule has 3 aliphatic rings. The average molecular weight is 259 g/mol. The molecule has 4 rings (SSSR count). The summed E-state index contributed by atoms with van der Waals surface area (Å²) in [5.41, 5.74) is 1.73. The van der Waals surface area contributed by atoms with Crippen LogP contribution in [0.1, 0.15) is 31.7 Å². The zero-order valence-electron chi connectivity index (χ0n) is 11.4. The summed E-state index contributed by atoms with van der Waals surface area (Å²) in [5.74, 6) is 2.59. The van der Waals surface area contributed by atoms with Crippen molar-refractivity contribution in [1.82, 2.24) is 5.32 Å². The second-order valence-electron chi connectivity index (χ2n) is 6.36. The molecule has 0 spiro atoms. The van der Waals surface area contributed by atoms with Gasteiger partial charge in [0.15, 0.2) is 11.5 Å². The highest BCUT2D eigenvalue weighted by molar-refractivity contribution is 5.47. The molecule has 0 aromatic heterocycles. The molecule has 2 atom stereocenters. The molecule has 1 aromatic carbocycles. The van der Waals surface area contributed by atoms with Crippen molar-refractivity contribution in [3.05, 3.63) is 23.8 Å². The van der Waals surface area contributed by atoms with Crippen molar-refractivity contribution in [3.63, 3.8) is 0 Å². The lowest BCUT2D eigenvalue weighted by molar-refractivity contribution is 0.171. The first-order valence-corrected chi connectivity index (χ1v) is 7.39. The van der Waals surface area contributed by atoms with Gasteiger partial charge in [-0.05, 0) is 54.8 Å². The third-order valence-corrected chi connectivity index (χ3v) is 4.84. The minimum Gasteiger partial charge on any atom is -0.486 e. The van der Waals surface area contributed by atoms with Crippen molar-refractivity contribution >= 4 is 0 Å². The van der Waals surface area contributed by atoms with E-state index in [1.165, 1.54) is 24.8 Å². The van der Waals surface area contributed by atoms with Gasteiger partial charge in [-0.15, -0.1) is 0 Å². The summed E-state index contributed by atoms with van der Waals surface area (Å²) < 4.78 is 11.3. The summed E-state index contributed by atoms with van der Waals surface area (Å²) in [6, 6.07) is 7.28. The van der Waals surface area contributed by atoms with Gasteiger partial charge in [0.2, 0.25) is 0 Å². The number of fused-ring (bicyclic) bond motifs is 1. The van der Waals surface area contributed by atoms with Crippen LogP contribution in [0.3, 0.4) is 0 Å². The molecule has 2 saturated carbocycles. The highest BCUT2D eigenvalue weighted by Gasteiger charge is 2.51. The van der Waals surface area contributed by atoms with Gasteiger partial charge >= 0.3 is 0 Å². The molecule has 0 saturated heterocycles. The standard InChI is InChI=1S/C16H21NO2/c1-16(9-12(16)10-17-13-3-4-13)11-2-5-14-15(8-11)19-7-6-18-14/h2,5,8,12-13,17H,3-4,6-7,9-10H2,1H3. The highest BCUT2D eigenvalue weighted by atomic mass is 16.6. The largest absolute Gasteiger partial charge is 0.486 e. The Kier molecular flexibility index (Phi) is 2.52. The summed E-state index contributed by atoms with van der Waals surface area (Å²) in [6.45, 7) is 4.87. The van der Waals surface area contributed by atoms with Crippen LogP contribution >= 0.6 is 0 Å². The minimum atomic E-state index is 0.331. The van der Waals surface area contributed by atoms with Crippen molar-refractivity contribution in [1.29, 1.82) is 0 Å². The number of hydrogen-bond acceptors (Lipinski definition) is 3. The van der Waals surface area contributed by atoms with Crippen LogP contribution in [0.25, 0.3) is 0 Å². The Morgan fingerprint density at radius 2 is 2.00 bits per heavy atom. The monoisotopic (exact) mass is 259 g/mol. The Morgan fingerprint density at radius 3 is 2.79 bits per heavy atom. The quantitative estimate of drug-likeness (QED) is 0.901. The second-order valence-corrected chi connectivity index (χ2v) is 6.36. The zero-order valence-corrected chi connectivity index (χ0v) is 11.4. The Labute approximate surface area is 114 Å². The molecule has 102 valence electrons. The van der Waals surface area contributed by atoms with Gasteiger partial charge in [-0.2, -0.15) is 0 Å². The molecule has 1 aliphatic heterocycles. The summed E-state index contributed by atoms with van der Waals surface area (Å²) in [4.78, 5) is 0. The molecule has 3 nitrogen and oxygen atoms in total. The number of nitrogens with one attached hydrogen (secondary N) is 1. The van der Waals surface area contributed by atoms with E-state index in [0.717, 1.165) is 30.0 Å². The maximum atomic E-state index is 5.69. The topological polar surface area (TPSA) is 30.5 Å². The molecule has 1 N–H and O–H groups in total. The first-order chi connectivity index (χ1) is 9.25. The van der Waals surface area contributed by atoms with E-state index in [-0.39, 0.29) is 0 Å². The molecule has 0 amide bonds. The van der Waals surface area contributed by atoms with E-state index in [1.807, 2.05) is 0 Å². The third-order valence-electron chi connectivity index (χ3n) is 4.84. The molecule has 0 bridgehead atoms. The second kappa shape index (κ2) is 4.14. The van der Waals surface area contributed by atoms with E-state index in [2.05, 4.69) is 30.4 Å². The van der Waals surface area contributed by atoms with E-state index < -0.39 is 0 Å². The molecular formula is C16H21NO2. The maximum absolute atomic E-state index is 5.69. The van der Waals surface area contributed by atoms with Gasteiger partial charge in [0.25, 0.3) is 0 Å². The Morgan fingerprint density at radius 1 is 1.21 bits per heavy atom. The predicted molar refractivity (Wildman–Crippen MR) is 73.9 cm³/mol. The summed E-state index contributed by atoms with van der Waals surface area (Å²) >= 11 is 0. The van der Waals surface area contributed by atoms with Gasteiger partial charge < -0.3 is 14.8 Å². The molecule has 3 heteroatoms. The van der Waals surface area contributed by atoms with Crippen molar-refractivity contribution in [2.45, 2.75) is 37.6 Å². The summed E-state index contributed by atoms with van der Waals surface area (Å²) in [5, 5.41) is 3.65. The predicted octanol–water partition coefficient (Wildman–Crippen LogP) is 2.49. The van der Waals surface area contributed by atoms with Crippen LogP contribution in [0.4, 0.5) is 0 Å². The van der Waals surface area contributed by atoms with Crippen LogP contribution in [0.2, 0.25) is 0 Å². The van der Waals surface area contributed by atoms with Crippen LogP contribution in [0.5, 0.6) is 11.5 Å². The SMILES string of the molecule is CC1(c2ccc3c(c2)OCCO3)CC1CNC1CC1. The number of benzene rings is 1. The fraction of sp³-hybridized carbons (Fsp3) is 0.625. The van der Waals surface area contributed by atoms with Gasteiger partial charge in [-0.3, -0.25) is 0 Å². The molecule has 2 aliphatic carbocycles. The zero-order chi connectivity index (χ0) is 12.9. The van der Waals surface area contributed by atoms with Crippen molar-refractivity contribution < 1.29 is 9.47 Å². The van der Waals surface area contributed by atoms with Crippen LogP contribution in [-0.2, 0) is 5.41 Å². The minimum absolute atomic E-state index is 0.331. The first-order valence-electron chi connectivity index (χ1n) is 7.39. The molecule has 1 aromatic rings. The van der Waals surface area contributed by atoms with Crippen molar-refractivity contribution in [2.75, 3.05) is 19.8 Å².